The Kier molecular flexibility index (Phi) is 3.22. The second kappa shape index (κ2) is 4.63. The summed E-state index contributed by atoms with van der Waals surface area (Å²) >= 11 is 0. The van der Waals surface area contributed by atoms with Crippen LogP contribution in [0, 0.1) is 0 Å². The van der Waals surface area contributed by atoms with Crippen molar-refractivity contribution < 1.29 is 9.90 Å². The van der Waals surface area contributed by atoms with E-state index in [0.717, 1.165) is 31.6 Å². The highest BCUT2D eigenvalue weighted by molar-refractivity contribution is 5.92. The molecule has 1 heterocycles. The fraction of sp³-hybridized carbons (Fsp3) is 0.417. The third kappa shape index (κ3) is 2.59. The number of nitrogens with zero attached hydrogens (tertiary/aromatic N) is 1. The minimum atomic E-state index is -0.400. The summed E-state index contributed by atoms with van der Waals surface area (Å²) < 4.78 is 0. The molecule has 1 aliphatic rings. The van der Waals surface area contributed by atoms with Crippen molar-refractivity contribution in [1.29, 1.82) is 0 Å². The van der Waals surface area contributed by atoms with E-state index in [4.69, 9.17) is 5.73 Å². The van der Waals surface area contributed by atoms with Crippen molar-refractivity contribution in [2.75, 3.05) is 13.1 Å². The van der Waals surface area contributed by atoms with Gasteiger partial charge in [0.05, 0.1) is 6.10 Å². The Balaban J connectivity index is 1.97. The molecule has 1 aliphatic heterocycles. The van der Waals surface area contributed by atoms with Crippen molar-refractivity contribution in [3.05, 3.63) is 35.4 Å². The molecule has 1 aromatic rings. The van der Waals surface area contributed by atoms with Gasteiger partial charge >= 0.3 is 0 Å². The van der Waals surface area contributed by atoms with Gasteiger partial charge in [-0.05, 0) is 24.1 Å². The van der Waals surface area contributed by atoms with Crippen LogP contribution in [0.15, 0.2) is 24.3 Å². The number of β-amino-alcohol motifs (C(OH)–C–C–N with tert-alkyl or cyclic N) is 1. The zero-order chi connectivity index (χ0) is 11.5. The Morgan fingerprint density at radius 1 is 1.44 bits per heavy atom. The number of hydrogen-bond donors (Lipinski definition) is 2. The van der Waals surface area contributed by atoms with Crippen LogP contribution in [0.1, 0.15) is 22.3 Å². The minimum absolute atomic E-state index is 0.190. The molecule has 0 spiro atoms. The summed E-state index contributed by atoms with van der Waals surface area (Å²) in [6, 6.07) is 7.30. The summed E-state index contributed by atoms with van der Waals surface area (Å²) in [5, 5.41) is 9.39. The minimum Gasteiger partial charge on any atom is -0.392 e. The molecule has 0 radical (unpaired) electrons. The number of rotatable bonds is 3. The average Bonchev–Trinajstić information content (AvgIpc) is 2.65. The van der Waals surface area contributed by atoms with Crippen LogP contribution >= 0.6 is 0 Å². The van der Waals surface area contributed by atoms with Crippen LogP contribution in [-0.2, 0) is 6.54 Å². The van der Waals surface area contributed by atoms with E-state index in [-0.39, 0.29) is 6.10 Å². The van der Waals surface area contributed by atoms with Crippen molar-refractivity contribution in [3.63, 3.8) is 0 Å². The monoisotopic (exact) mass is 220 g/mol. The largest absolute Gasteiger partial charge is 0.392 e. The number of benzene rings is 1. The third-order valence-electron chi connectivity index (χ3n) is 2.89. The van der Waals surface area contributed by atoms with E-state index in [1.54, 1.807) is 12.1 Å². The van der Waals surface area contributed by atoms with Gasteiger partial charge in [0.2, 0.25) is 5.91 Å². The molecule has 0 unspecified atom stereocenters. The molecule has 16 heavy (non-hydrogen) atoms. The molecule has 1 aromatic carbocycles. The zero-order valence-electron chi connectivity index (χ0n) is 9.10. The SMILES string of the molecule is NC(=O)c1ccc(CN2CC[C@H](O)C2)cc1. The van der Waals surface area contributed by atoms with E-state index in [0.29, 0.717) is 5.56 Å². The summed E-state index contributed by atoms with van der Waals surface area (Å²) in [4.78, 5) is 13.1. The molecule has 1 atom stereocenters. The summed E-state index contributed by atoms with van der Waals surface area (Å²) in [6.45, 7) is 2.48. The van der Waals surface area contributed by atoms with Gasteiger partial charge in [-0.25, -0.2) is 0 Å². The Morgan fingerprint density at radius 2 is 2.12 bits per heavy atom. The highest BCUT2D eigenvalue weighted by atomic mass is 16.3. The lowest BCUT2D eigenvalue weighted by molar-refractivity contribution is 0.100. The number of hydrogen-bond acceptors (Lipinski definition) is 3. The summed E-state index contributed by atoms with van der Waals surface area (Å²) in [5.74, 6) is -0.400. The molecule has 0 aromatic heterocycles. The molecular formula is C12H16N2O2. The van der Waals surface area contributed by atoms with E-state index < -0.39 is 5.91 Å². The van der Waals surface area contributed by atoms with Crippen molar-refractivity contribution in [3.8, 4) is 0 Å². The smallest absolute Gasteiger partial charge is 0.248 e. The van der Waals surface area contributed by atoms with E-state index in [1.807, 2.05) is 12.1 Å². The van der Waals surface area contributed by atoms with Crippen molar-refractivity contribution in [2.24, 2.45) is 5.73 Å². The number of nitrogens with two attached hydrogens (primary N) is 1. The Labute approximate surface area is 94.7 Å². The first-order chi connectivity index (χ1) is 7.65. The molecule has 86 valence electrons. The second-order valence-electron chi connectivity index (χ2n) is 4.24. The molecule has 1 saturated heterocycles. The first kappa shape index (κ1) is 11.1. The number of likely N-dealkylation sites (tertiary alicyclic amines) is 1. The molecule has 4 nitrogen and oxygen atoms in total. The van der Waals surface area contributed by atoms with E-state index in [9.17, 15) is 9.90 Å². The molecule has 2 rings (SSSR count). The quantitative estimate of drug-likeness (QED) is 0.772. The maximum atomic E-state index is 10.9. The third-order valence-corrected chi connectivity index (χ3v) is 2.89. The van der Waals surface area contributed by atoms with Crippen LogP contribution in [0.5, 0.6) is 0 Å². The number of aliphatic hydroxyl groups is 1. The molecule has 1 amide bonds. The predicted molar refractivity (Wildman–Crippen MR) is 60.9 cm³/mol. The Bertz CT molecular complexity index is 375. The molecule has 4 heteroatoms. The normalized spacial score (nSPS) is 21.2. The fourth-order valence-corrected chi connectivity index (χ4v) is 1.99. The fourth-order valence-electron chi connectivity index (χ4n) is 1.99. The highest BCUT2D eigenvalue weighted by Crippen LogP contribution is 2.13. The maximum absolute atomic E-state index is 10.9. The van der Waals surface area contributed by atoms with Crippen LogP contribution in [0.2, 0.25) is 0 Å². The summed E-state index contributed by atoms with van der Waals surface area (Å²) in [6.07, 6.45) is 0.657. The first-order valence-electron chi connectivity index (χ1n) is 5.44. The molecule has 0 aliphatic carbocycles. The molecule has 1 fully saturated rings. The molecular weight excluding hydrogens is 204 g/mol. The van der Waals surface area contributed by atoms with Gasteiger partial charge in [-0.2, -0.15) is 0 Å². The van der Waals surface area contributed by atoms with Gasteiger partial charge < -0.3 is 10.8 Å². The van der Waals surface area contributed by atoms with Gasteiger partial charge in [-0.15, -0.1) is 0 Å². The van der Waals surface area contributed by atoms with E-state index >= 15 is 0 Å². The summed E-state index contributed by atoms with van der Waals surface area (Å²) in [7, 11) is 0. The second-order valence-corrected chi connectivity index (χ2v) is 4.24. The number of primary amides is 1. The van der Waals surface area contributed by atoms with E-state index in [2.05, 4.69) is 4.90 Å². The van der Waals surface area contributed by atoms with Crippen LogP contribution in [0.4, 0.5) is 0 Å². The summed E-state index contributed by atoms with van der Waals surface area (Å²) in [5.41, 5.74) is 6.83. The van der Waals surface area contributed by atoms with Crippen molar-refractivity contribution in [1.82, 2.24) is 4.90 Å². The maximum Gasteiger partial charge on any atom is 0.248 e. The number of carbonyl (C=O) groups excluding carboxylic acids is 1. The van der Waals surface area contributed by atoms with Crippen LogP contribution in [0.25, 0.3) is 0 Å². The average molecular weight is 220 g/mol. The van der Waals surface area contributed by atoms with Gasteiger partial charge in [0, 0.05) is 25.2 Å². The zero-order valence-corrected chi connectivity index (χ0v) is 9.10. The highest BCUT2D eigenvalue weighted by Gasteiger charge is 2.19. The number of amides is 1. The lowest BCUT2D eigenvalue weighted by Crippen LogP contribution is -2.21. The van der Waals surface area contributed by atoms with Gasteiger partial charge in [0.1, 0.15) is 0 Å². The Morgan fingerprint density at radius 3 is 2.62 bits per heavy atom. The van der Waals surface area contributed by atoms with Crippen molar-refractivity contribution in [2.45, 2.75) is 19.1 Å². The van der Waals surface area contributed by atoms with Gasteiger partial charge in [-0.1, -0.05) is 12.1 Å². The number of aliphatic hydroxyl groups excluding tert-OH is 1. The topological polar surface area (TPSA) is 66.6 Å². The van der Waals surface area contributed by atoms with E-state index in [1.165, 1.54) is 0 Å². The number of carbonyl (C=O) groups is 1. The van der Waals surface area contributed by atoms with Crippen molar-refractivity contribution >= 4 is 5.91 Å². The molecule has 0 saturated carbocycles. The van der Waals surface area contributed by atoms with Gasteiger partial charge in [0.15, 0.2) is 0 Å². The van der Waals surface area contributed by atoms with Crippen LogP contribution < -0.4 is 5.73 Å². The van der Waals surface area contributed by atoms with Gasteiger partial charge in [0.25, 0.3) is 0 Å². The van der Waals surface area contributed by atoms with Crippen LogP contribution in [-0.4, -0.2) is 35.1 Å². The molecule has 3 N–H and O–H groups in total. The standard InChI is InChI=1S/C12H16N2O2/c13-12(16)10-3-1-9(2-4-10)7-14-6-5-11(15)8-14/h1-4,11,15H,5-8H2,(H2,13,16)/t11-/m0/s1. The van der Waals surface area contributed by atoms with Crippen LogP contribution in [0.3, 0.4) is 0 Å². The molecule has 0 bridgehead atoms. The lowest BCUT2D eigenvalue weighted by Gasteiger charge is -2.14. The Hall–Kier alpha value is -1.39. The lowest BCUT2D eigenvalue weighted by atomic mass is 10.1. The van der Waals surface area contributed by atoms with Gasteiger partial charge in [-0.3, -0.25) is 9.69 Å². The first-order valence-corrected chi connectivity index (χ1v) is 5.44. The predicted octanol–water partition coefficient (Wildman–Crippen LogP) is 0.352.